The molecule has 0 saturated carbocycles. The van der Waals surface area contributed by atoms with Gasteiger partial charge in [0.2, 0.25) is 0 Å². The normalized spacial score (nSPS) is 12.1. The van der Waals surface area contributed by atoms with Crippen LogP contribution in [0.2, 0.25) is 0 Å². The molecule has 1 heterocycles. The topological polar surface area (TPSA) is 38.9 Å². The molecule has 80 valence electrons. The minimum atomic E-state index is 0.308. The molecule has 0 aliphatic carbocycles. The molecule has 0 saturated heterocycles. The van der Waals surface area contributed by atoms with Gasteiger partial charge in [0.05, 0.1) is 5.69 Å². The number of aromatic nitrogens is 1. The molecule has 0 unspecified atom stereocenters. The van der Waals surface area contributed by atoms with Crippen molar-refractivity contribution in [1.29, 1.82) is 0 Å². The lowest BCUT2D eigenvalue weighted by atomic mass is 10.3. The maximum atomic E-state index is 5.61. The van der Waals surface area contributed by atoms with Crippen LogP contribution in [0.5, 0.6) is 0 Å². The fraction of sp³-hybridized carbons (Fsp3) is 0.700. The Hall–Kier alpha value is -0.0600. The zero-order chi connectivity index (χ0) is 10.8. The van der Waals surface area contributed by atoms with E-state index in [1.807, 2.05) is 18.7 Å². The molecular formula is C10H18N2S2. The van der Waals surface area contributed by atoms with Gasteiger partial charge in [-0.2, -0.15) is 0 Å². The SMILES string of the molecule is Cc1nc(CSC(C)(C)C)sc1CN. The summed E-state index contributed by atoms with van der Waals surface area (Å²) in [5.74, 6) is 0.995. The van der Waals surface area contributed by atoms with Crippen LogP contribution < -0.4 is 5.73 Å². The molecular weight excluding hydrogens is 212 g/mol. The lowest BCUT2D eigenvalue weighted by molar-refractivity contribution is 0.802. The van der Waals surface area contributed by atoms with Gasteiger partial charge in [-0.25, -0.2) is 4.98 Å². The number of thioether (sulfide) groups is 1. The molecule has 0 aromatic carbocycles. The number of nitrogens with two attached hydrogens (primary N) is 1. The molecule has 0 fully saturated rings. The predicted molar refractivity (Wildman–Crippen MR) is 65.8 cm³/mol. The molecule has 0 bridgehead atoms. The maximum absolute atomic E-state index is 5.61. The summed E-state index contributed by atoms with van der Waals surface area (Å²) >= 11 is 3.67. The fourth-order valence-corrected chi connectivity index (χ4v) is 2.79. The summed E-state index contributed by atoms with van der Waals surface area (Å²) in [4.78, 5) is 5.72. The summed E-state index contributed by atoms with van der Waals surface area (Å²) in [6.45, 7) is 9.32. The average molecular weight is 230 g/mol. The lowest BCUT2D eigenvalue weighted by Gasteiger charge is -2.16. The number of thiazole rings is 1. The summed E-state index contributed by atoms with van der Waals surface area (Å²) < 4.78 is 0.308. The summed E-state index contributed by atoms with van der Waals surface area (Å²) in [5, 5.41) is 1.20. The van der Waals surface area contributed by atoms with Crippen molar-refractivity contribution in [3.63, 3.8) is 0 Å². The Kier molecular flexibility index (Phi) is 3.98. The van der Waals surface area contributed by atoms with Gasteiger partial charge in [-0.15, -0.1) is 23.1 Å². The Morgan fingerprint density at radius 3 is 2.50 bits per heavy atom. The van der Waals surface area contributed by atoms with E-state index in [0.717, 1.165) is 11.4 Å². The van der Waals surface area contributed by atoms with Crippen molar-refractivity contribution in [2.75, 3.05) is 0 Å². The highest BCUT2D eigenvalue weighted by atomic mass is 32.2. The Bertz CT molecular complexity index is 300. The third-order valence-electron chi connectivity index (χ3n) is 1.75. The van der Waals surface area contributed by atoms with Crippen LogP contribution in [0.1, 0.15) is 36.3 Å². The highest BCUT2D eigenvalue weighted by Gasteiger charge is 2.13. The van der Waals surface area contributed by atoms with E-state index in [9.17, 15) is 0 Å². The van der Waals surface area contributed by atoms with Crippen LogP contribution in [0, 0.1) is 6.92 Å². The maximum Gasteiger partial charge on any atom is 0.103 e. The molecule has 14 heavy (non-hydrogen) atoms. The molecule has 1 aromatic rings. The van der Waals surface area contributed by atoms with Crippen LogP contribution in [0.25, 0.3) is 0 Å². The zero-order valence-electron chi connectivity index (χ0n) is 9.26. The summed E-state index contributed by atoms with van der Waals surface area (Å²) in [6.07, 6.45) is 0. The van der Waals surface area contributed by atoms with Gasteiger partial charge in [0.1, 0.15) is 5.01 Å². The van der Waals surface area contributed by atoms with Gasteiger partial charge in [0.25, 0.3) is 0 Å². The zero-order valence-corrected chi connectivity index (χ0v) is 10.9. The quantitative estimate of drug-likeness (QED) is 0.867. The van der Waals surface area contributed by atoms with Gasteiger partial charge in [0.15, 0.2) is 0 Å². The summed E-state index contributed by atoms with van der Waals surface area (Å²) in [5.41, 5.74) is 6.71. The van der Waals surface area contributed by atoms with E-state index in [1.54, 1.807) is 11.3 Å². The van der Waals surface area contributed by atoms with Crippen LogP contribution in [-0.2, 0) is 12.3 Å². The van der Waals surface area contributed by atoms with Crippen LogP contribution >= 0.6 is 23.1 Å². The molecule has 0 spiro atoms. The third-order valence-corrected chi connectivity index (χ3v) is 4.40. The molecule has 0 aliphatic heterocycles. The van der Waals surface area contributed by atoms with Crippen molar-refractivity contribution in [2.45, 2.75) is 44.7 Å². The van der Waals surface area contributed by atoms with Crippen molar-refractivity contribution in [3.05, 3.63) is 15.6 Å². The van der Waals surface area contributed by atoms with E-state index >= 15 is 0 Å². The number of nitrogens with zero attached hydrogens (tertiary/aromatic N) is 1. The van der Waals surface area contributed by atoms with E-state index in [1.165, 1.54) is 9.88 Å². The van der Waals surface area contributed by atoms with E-state index < -0.39 is 0 Å². The summed E-state index contributed by atoms with van der Waals surface area (Å²) in [7, 11) is 0. The number of rotatable bonds is 3. The minimum Gasteiger partial charge on any atom is -0.326 e. The first-order chi connectivity index (χ1) is 6.42. The molecule has 2 nitrogen and oxygen atoms in total. The molecule has 4 heteroatoms. The van der Waals surface area contributed by atoms with Crippen molar-refractivity contribution in [1.82, 2.24) is 4.98 Å². The highest BCUT2D eigenvalue weighted by Crippen LogP contribution is 2.29. The van der Waals surface area contributed by atoms with Crippen LogP contribution in [-0.4, -0.2) is 9.73 Å². The number of hydrogen-bond acceptors (Lipinski definition) is 4. The van der Waals surface area contributed by atoms with Crippen molar-refractivity contribution in [2.24, 2.45) is 5.73 Å². The van der Waals surface area contributed by atoms with Gasteiger partial charge in [-0.3, -0.25) is 0 Å². The first-order valence-corrected chi connectivity index (χ1v) is 6.52. The van der Waals surface area contributed by atoms with Crippen molar-refractivity contribution < 1.29 is 0 Å². The second kappa shape index (κ2) is 4.64. The molecule has 0 amide bonds. The van der Waals surface area contributed by atoms with Gasteiger partial charge in [-0.1, -0.05) is 20.8 Å². The Labute approximate surface area is 94.3 Å². The standard InChI is InChI=1S/C10H18N2S2/c1-7-8(5-11)14-9(12-7)6-13-10(2,3)4/h5-6,11H2,1-4H3. The second-order valence-electron chi connectivity index (χ2n) is 4.22. The first-order valence-electron chi connectivity index (χ1n) is 4.71. The van der Waals surface area contributed by atoms with Gasteiger partial charge < -0.3 is 5.73 Å². The Morgan fingerprint density at radius 2 is 2.07 bits per heavy atom. The van der Waals surface area contributed by atoms with E-state index in [2.05, 4.69) is 25.8 Å². The highest BCUT2D eigenvalue weighted by molar-refractivity contribution is 7.99. The van der Waals surface area contributed by atoms with Crippen LogP contribution in [0.3, 0.4) is 0 Å². The number of hydrogen-bond donors (Lipinski definition) is 1. The van der Waals surface area contributed by atoms with Crippen molar-refractivity contribution >= 4 is 23.1 Å². The van der Waals surface area contributed by atoms with E-state index in [0.29, 0.717) is 11.3 Å². The molecule has 1 rings (SSSR count). The van der Waals surface area contributed by atoms with Gasteiger partial charge in [0, 0.05) is 21.9 Å². The average Bonchev–Trinajstić information content (AvgIpc) is 2.42. The fourth-order valence-electron chi connectivity index (χ4n) is 1.02. The minimum absolute atomic E-state index is 0.308. The van der Waals surface area contributed by atoms with Crippen LogP contribution in [0.4, 0.5) is 0 Å². The number of aryl methyl sites for hydroxylation is 1. The molecule has 1 aromatic heterocycles. The smallest absolute Gasteiger partial charge is 0.103 e. The van der Waals surface area contributed by atoms with Gasteiger partial charge in [-0.05, 0) is 6.92 Å². The Morgan fingerprint density at radius 1 is 1.43 bits per heavy atom. The monoisotopic (exact) mass is 230 g/mol. The summed E-state index contributed by atoms with van der Waals surface area (Å²) in [6, 6.07) is 0. The predicted octanol–water partition coefficient (Wildman–Crippen LogP) is 2.94. The first kappa shape index (κ1) is 12.0. The van der Waals surface area contributed by atoms with E-state index in [-0.39, 0.29) is 0 Å². The lowest BCUT2D eigenvalue weighted by Crippen LogP contribution is -2.07. The third kappa shape index (κ3) is 3.59. The molecule has 0 atom stereocenters. The van der Waals surface area contributed by atoms with Crippen LogP contribution in [0.15, 0.2) is 0 Å². The molecule has 2 N–H and O–H groups in total. The van der Waals surface area contributed by atoms with Gasteiger partial charge >= 0.3 is 0 Å². The molecule has 0 radical (unpaired) electrons. The van der Waals surface area contributed by atoms with Crippen molar-refractivity contribution in [3.8, 4) is 0 Å². The second-order valence-corrected chi connectivity index (χ2v) is 7.19. The largest absolute Gasteiger partial charge is 0.326 e. The van der Waals surface area contributed by atoms with E-state index in [4.69, 9.17) is 5.73 Å². The Balaban J connectivity index is 2.60. The molecule has 0 aliphatic rings.